The summed E-state index contributed by atoms with van der Waals surface area (Å²) in [5.41, 5.74) is 0. The van der Waals surface area contributed by atoms with Crippen LogP contribution in [0.4, 0.5) is 0 Å². The molecule has 34 valence electrons. The molecule has 0 amide bonds. The quantitative estimate of drug-likeness (QED) is 0.265. The third-order valence-electron chi connectivity index (χ3n) is 1.25. The van der Waals surface area contributed by atoms with E-state index >= 15 is 0 Å². The van der Waals surface area contributed by atoms with Crippen LogP contribution >= 0.6 is 0 Å². The minimum Gasteiger partial charge on any atom is -1.00 e. The molecule has 0 aliphatic heterocycles. The Morgan fingerprint density at radius 3 is 0.857 bits per heavy atom. The van der Waals surface area contributed by atoms with Crippen LogP contribution in [0.2, 0.25) is 0 Å². The van der Waals surface area contributed by atoms with E-state index in [2.05, 4.69) is 0 Å². The SMILES string of the molecule is C1CCCC1.[H-].[H-].[Li+].[Li+]. The van der Waals surface area contributed by atoms with Gasteiger partial charge in [-0.3, -0.25) is 0 Å². The third kappa shape index (κ3) is 5.06. The first-order chi connectivity index (χ1) is 2.50. The summed E-state index contributed by atoms with van der Waals surface area (Å²) in [5.74, 6) is 0. The average Bonchev–Trinajstić information content (AvgIpc) is 1.76. The number of hydrogen-bond acceptors (Lipinski definition) is 0. The van der Waals surface area contributed by atoms with Crippen molar-refractivity contribution in [3.8, 4) is 0 Å². The first kappa shape index (κ1) is 11.1. The first-order valence-corrected chi connectivity index (χ1v) is 2.50. The molecule has 0 N–H and O–H groups in total. The summed E-state index contributed by atoms with van der Waals surface area (Å²) in [7, 11) is 0. The molecule has 0 aromatic rings. The monoisotopic (exact) mass is 86.1 g/mol. The molecule has 7 heavy (non-hydrogen) atoms. The molecule has 0 unspecified atom stereocenters. The van der Waals surface area contributed by atoms with Gasteiger partial charge in [0.2, 0.25) is 0 Å². The molecule has 0 saturated heterocycles. The van der Waals surface area contributed by atoms with Crippen molar-refractivity contribution in [3.63, 3.8) is 0 Å². The van der Waals surface area contributed by atoms with Crippen molar-refractivity contribution in [1.29, 1.82) is 0 Å². The van der Waals surface area contributed by atoms with E-state index in [0.717, 1.165) is 0 Å². The molecule has 1 rings (SSSR count). The fraction of sp³-hybridized carbons (Fsp3) is 1.00. The molecule has 1 aliphatic carbocycles. The van der Waals surface area contributed by atoms with Crippen LogP contribution in [-0.2, 0) is 0 Å². The van der Waals surface area contributed by atoms with Crippen molar-refractivity contribution in [1.82, 2.24) is 0 Å². The van der Waals surface area contributed by atoms with E-state index in [-0.39, 0.29) is 40.6 Å². The van der Waals surface area contributed by atoms with Crippen molar-refractivity contribution >= 4 is 0 Å². The van der Waals surface area contributed by atoms with Gasteiger partial charge >= 0.3 is 37.7 Å². The van der Waals surface area contributed by atoms with E-state index < -0.39 is 0 Å². The average molecular weight is 86.0 g/mol. The Bertz CT molecular complexity index is 24.5. The van der Waals surface area contributed by atoms with Crippen molar-refractivity contribution < 1.29 is 40.6 Å². The number of hydrogen-bond donors (Lipinski definition) is 0. The van der Waals surface area contributed by atoms with E-state index in [4.69, 9.17) is 0 Å². The standard InChI is InChI=1S/C5H10.2Li.2H/c1-2-4-5-3-1;;;;/h1-5H2;;;;/q;2*+1;2*-1. The van der Waals surface area contributed by atoms with Crippen LogP contribution < -0.4 is 37.7 Å². The topological polar surface area (TPSA) is 0 Å². The van der Waals surface area contributed by atoms with Crippen LogP contribution in [0, 0.1) is 0 Å². The zero-order chi connectivity index (χ0) is 3.54. The molecule has 0 spiro atoms. The van der Waals surface area contributed by atoms with Crippen LogP contribution in [0.1, 0.15) is 35.0 Å². The molecule has 0 aromatic carbocycles. The summed E-state index contributed by atoms with van der Waals surface area (Å²) in [6, 6.07) is 0. The van der Waals surface area contributed by atoms with E-state index in [9.17, 15) is 0 Å². The maximum Gasteiger partial charge on any atom is 1.00 e. The summed E-state index contributed by atoms with van der Waals surface area (Å²) in [5, 5.41) is 0. The Morgan fingerprint density at radius 1 is 0.571 bits per heavy atom. The second-order valence-corrected chi connectivity index (χ2v) is 1.77. The summed E-state index contributed by atoms with van der Waals surface area (Å²) in [6.07, 6.45) is 7.50. The maximum absolute atomic E-state index is 1.50. The van der Waals surface area contributed by atoms with Gasteiger partial charge in [-0.15, -0.1) is 0 Å². The van der Waals surface area contributed by atoms with Crippen LogP contribution in [0.15, 0.2) is 0 Å². The second-order valence-electron chi connectivity index (χ2n) is 1.77. The van der Waals surface area contributed by atoms with Crippen molar-refractivity contribution in [2.45, 2.75) is 32.1 Å². The molecule has 0 nitrogen and oxygen atoms in total. The molecule has 1 saturated carbocycles. The van der Waals surface area contributed by atoms with Crippen molar-refractivity contribution in [3.05, 3.63) is 0 Å². The zero-order valence-corrected chi connectivity index (χ0v) is 5.54. The molecule has 0 heterocycles. The smallest absolute Gasteiger partial charge is 1.00 e. The molecule has 1 fully saturated rings. The Kier molecular flexibility index (Phi) is 11.4. The normalized spacial score (nSPS) is 17.1. The van der Waals surface area contributed by atoms with Gasteiger partial charge in [-0.2, -0.15) is 0 Å². The fourth-order valence-electron chi connectivity index (χ4n) is 0.884. The van der Waals surface area contributed by atoms with Crippen LogP contribution in [0.25, 0.3) is 0 Å². The van der Waals surface area contributed by atoms with Gasteiger partial charge in [0.05, 0.1) is 0 Å². The largest absolute Gasteiger partial charge is 1.00 e. The minimum atomic E-state index is 0. The molecule has 0 aromatic heterocycles. The molecular formula is C5H12Li2. The second kappa shape index (κ2) is 7.19. The van der Waals surface area contributed by atoms with Crippen LogP contribution in [0.5, 0.6) is 0 Å². The fourth-order valence-corrected chi connectivity index (χ4v) is 0.884. The van der Waals surface area contributed by atoms with Gasteiger partial charge in [0.25, 0.3) is 0 Å². The van der Waals surface area contributed by atoms with Gasteiger partial charge in [-0.05, 0) is 0 Å². The van der Waals surface area contributed by atoms with Crippen molar-refractivity contribution in [2.75, 3.05) is 0 Å². The van der Waals surface area contributed by atoms with E-state index in [1.54, 1.807) is 0 Å². The molecule has 0 atom stereocenters. The van der Waals surface area contributed by atoms with Crippen molar-refractivity contribution in [2.24, 2.45) is 0 Å². The third-order valence-corrected chi connectivity index (χ3v) is 1.25. The van der Waals surface area contributed by atoms with E-state index in [1.807, 2.05) is 0 Å². The first-order valence-electron chi connectivity index (χ1n) is 2.50. The summed E-state index contributed by atoms with van der Waals surface area (Å²) in [4.78, 5) is 0. The van der Waals surface area contributed by atoms with Gasteiger partial charge < -0.3 is 2.85 Å². The maximum atomic E-state index is 1.50. The van der Waals surface area contributed by atoms with Crippen LogP contribution in [0.3, 0.4) is 0 Å². The Balaban J connectivity index is -0.0000000312. The molecule has 0 radical (unpaired) electrons. The summed E-state index contributed by atoms with van der Waals surface area (Å²) in [6.45, 7) is 0. The zero-order valence-electron chi connectivity index (χ0n) is 7.54. The predicted molar refractivity (Wildman–Crippen MR) is 25.3 cm³/mol. The van der Waals surface area contributed by atoms with Gasteiger partial charge in [-0.1, -0.05) is 32.1 Å². The predicted octanol–water partition coefficient (Wildman–Crippen LogP) is -3.82. The van der Waals surface area contributed by atoms with Gasteiger partial charge in [0.1, 0.15) is 0 Å². The molecular weight excluding hydrogens is 73.9 g/mol. The number of rotatable bonds is 0. The Labute approximate surface area is 72.8 Å². The minimum absolute atomic E-state index is 0. The van der Waals surface area contributed by atoms with Gasteiger partial charge in [-0.25, -0.2) is 0 Å². The molecule has 0 bridgehead atoms. The van der Waals surface area contributed by atoms with Gasteiger partial charge in [0.15, 0.2) is 0 Å². The Morgan fingerprint density at radius 2 is 0.714 bits per heavy atom. The summed E-state index contributed by atoms with van der Waals surface area (Å²) < 4.78 is 0. The van der Waals surface area contributed by atoms with Gasteiger partial charge in [0, 0.05) is 0 Å². The summed E-state index contributed by atoms with van der Waals surface area (Å²) >= 11 is 0. The molecule has 2 heteroatoms. The molecule has 1 aliphatic rings. The van der Waals surface area contributed by atoms with E-state index in [0.29, 0.717) is 0 Å². The Hall–Kier alpha value is 1.19. The van der Waals surface area contributed by atoms with E-state index in [1.165, 1.54) is 32.1 Å². The van der Waals surface area contributed by atoms with Crippen LogP contribution in [-0.4, -0.2) is 0 Å².